The Labute approximate surface area is 132 Å². The molecule has 0 bridgehead atoms. The normalized spacial score (nSPS) is 12.3. The van der Waals surface area contributed by atoms with Gasteiger partial charge in [-0.3, -0.25) is 0 Å². The zero-order valence-electron chi connectivity index (χ0n) is 11.6. The van der Waals surface area contributed by atoms with Gasteiger partial charge in [0, 0.05) is 15.1 Å². The molecule has 2 nitrogen and oxygen atoms in total. The summed E-state index contributed by atoms with van der Waals surface area (Å²) in [6.45, 7) is 3.92. The number of aryl methyl sites for hydroxylation is 1. The van der Waals surface area contributed by atoms with Crippen molar-refractivity contribution < 1.29 is 9.84 Å². The lowest BCUT2D eigenvalue weighted by Crippen LogP contribution is -2.06. The van der Waals surface area contributed by atoms with Crippen molar-refractivity contribution in [1.29, 1.82) is 0 Å². The van der Waals surface area contributed by atoms with Crippen LogP contribution in [-0.4, -0.2) is 12.2 Å². The Hall–Kier alpha value is -1.03. The van der Waals surface area contributed by atoms with Gasteiger partial charge in [-0.05, 0) is 48.7 Å². The van der Waals surface area contributed by atoms with Crippen LogP contribution in [0.4, 0.5) is 0 Å². The Morgan fingerprint density at radius 1 is 1.20 bits per heavy atom. The van der Waals surface area contributed by atoms with Gasteiger partial charge in [-0.2, -0.15) is 0 Å². The number of halogens is 2. The molecule has 0 aromatic heterocycles. The van der Waals surface area contributed by atoms with Crippen LogP contribution in [0.1, 0.15) is 28.4 Å². The fourth-order valence-corrected chi connectivity index (χ4v) is 2.97. The highest BCUT2D eigenvalue weighted by atomic mass is 79.9. The van der Waals surface area contributed by atoms with Crippen molar-refractivity contribution >= 4 is 27.5 Å². The van der Waals surface area contributed by atoms with Crippen LogP contribution < -0.4 is 4.74 Å². The molecule has 0 saturated heterocycles. The molecule has 4 heteroatoms. The second-order valence-corrected chi connectivity index (χ2v) is 5.99. The summed E-state index contributed by atoms with van der Waals surface area (Å²) in [5, 5.41) is 11.3. The van der Waals surface area contributed by atoms with E-state index in [-0.39, 0.29) is 0 Å². The van der Waals surface area contributed by atoms with Crippen LogP contribution in [0.25, 0.3) is 0 Å². The predicted octanol–water partition coefficient (Wildman–Crippen LogP) is 4.81. The number of hydrogen-bond acceptors (Lipinski definition) is 2. The van der Waals surface area contributed by atoms with Crippen molar-refractivity contribution in [2.24, 2.45) is 0 Å². The van der Waals surface area contributed by atoms with E-state index < -0.39 is 6.10 Å². The number of hydrogen-bond donors (Lipinski definition) is 1. The highest BCUT2D eigenvalue weighted by Crippen LogP contribution is 2.38. The van der Waals surface area contributed by atoms with Gasteiger partial charge < -0.3 is 9.84 Å². The van der Waals surface area contributed by atoms with Crippen molar-refractivity contribution in [3.63, 3.8) is 0 Å². The number of methoxy groups -OCH3 is 1. The first-order valence-corrected chi connectivity index (χ1v) is 7.40. The monoisotopic (exact) mass is 354 g/mol. The van der Waals surface area contributed by atoms with Crippen molar-refractivity contribution in [1.82, 2.24) is 0 Å². The maximum absolute atomic E-state index is 10.7. The summed E-state index contributed by atoms with van der Waals surface area (Å²) in [6, 6.07) is 9.18. The zero-order valence-corrected chi connectivity index (χ0v) is 13.9. The third kappa shape index (κ3) is 2.85. The van der Waals surface area contributed by atoms with E-state index in [9.17, 15) is 5.11 Å². The van der Waals surface area contributed by atoms with Gasteiger partial charge in [0.2, 0.25) is 0 Å². The first kappa shape index (κ1) is 15.4. The molecule has 0 spiro atoms. The molecule has 0 aliphatic heterocycles. The van der Waals surface area contributed by atoms with Gasteiger partial charge in [-0.15, -0.1) is 0 Å². The predicted molar refractivity (Wildman–Crippen MR) is 85.7 cm³/mol. The summed E-state index contributed by atoms with van der Waals surface area (Å²) < 4.78 is 6.43. The number of benzene rings is 2. The molecule has 2 aromatic carbocycles. The summed E-state index contributed by atoms with van der Waals surface area (Å²) in [4.78, 5) is 0. The lowest BCUT2D eigenvalue weighted by Gasteiger charge is -2.20. The van der Waals surface area contributed by atoms with Crippen molar-refractivity contribution in [2.45, 2.75) is 20.0 Å². The summed E-state index contributed by atoms with van der Waals surface area (Å²) in [5.74, 6) is 0.716. The first-order valence-electron chi connectivity index (χ1n) is 6.22. The molecule has 0 aliphatic carbocycles. The van der Waals surface area contributed by atoms with Gasteiger partial charge in [0.15, 0.2) is 0 Å². The number of aliphatic hydroxyl groups is 1. The maximum Gasteiger partial charge on any atom is 0.128 e. The lowest BCUT2D eigenvalue weighted by atomic mass is 9.94. The third-order valence-electron chi connectivity index (χ3n) is 3.37. The Balaban J connectivity index is 2.58. The van der Waals surface area contributed by atoms with Gasteiger partial charge in [0.05, 0.1) is 7.11 Å². The Morgan fingerprint density at radius 2 is 1.80 bits per heavy atom. The van der Waals surface area contributed by atoms with Crippen molar-refractivity contribution in [3.8, 4) is 5.75 Å². The van der Waals surface area contributed by atoms with E-state index in [1.54, 1.807) is 19.2 Å². The first-order chi connectivity index (χ1) is 9.45. The molecule has 0 amide bonds. The van der Waals surface area contributed by atoms with Gasteiger partial charge >= 0.3 is 0 Å². The number of rotatable bonds is 3. The SMILES string of the molecule is COc1c(C)cc(Br)c(C)c1C(O)c1ccc(Cl)cc1. The molecule has 0 saturated carbocycles. The maximum atomic E-state index is 10.7. The van der Waals surface area contributed by atoms with Crippen LogP contribution >= 0.6 is 27.5 Å². The fourth-order valence-electron chi connectivity index (χ4n) is 2.29. The highest BCUT2D eigenvalue weighted by Gasteiger charge is 2.21. The van der Waals surface area contributed by atoms with E-state index in [1.165, 1.54) is 0 Å². The molecule has 1 atom stereocenters. The minimum Gasteiger partial charge on any atom is -0.496 e. The molecular weight excluding hydrogens is 340 g/mol. The Bertz CT molecular complexity index is 623. The van der Waals surface area contributed by atoms with Gasteiger partial charge in [-0.25, -0.2) is 0 Å². The topological polar surface area (TPSA) is 29.5 Å². The molecule has 0 radical (unpaired) electrons. The average Bonchev–Trinajstić information content (AvgIpc) is 2.42. The molecule has 2 aromatic rings. The van der Waals surface area contributed by atoms with Crippen LogP contribution in [0.3, 0.4) is 0 Å². The largest absolute Gasteiger partial charge is 0.496 e. The molecule has 2 rings (SSSR count). The van der Waals surface area contributed by atoms with E-state index >= 15 is 0 Å². The van der Waals surface area contributed by atoms with Crippen LogP contribution in [0.15, 0.2) is 34.8 Å². The molecule has 20 heavy (non-hydrogen) atoms. The van der Waals surface area contributed by atoms with E-state index in [0.29, 0.717) is 10.8 Å². The van der Waals surface area contributed by atoms with Gasteiger partial charge in [-0.1, -0.05) is 39.7 Å². The molecule has 1 N–H and O–H groups in total. The Kier molecular flexibility index (Phi) is 4.74. The second kappa shape index (κ2) is 6.17. The number of aliphatic hydroxyl groups excluding tert-OH is 1. The minimum absolute atomic E-state index is 0.648. The summed E-state index contributed by atoms with van der Waals surface area (Å²) in [6.07, 6.45) is -0.751. The summed E-state index contributed by atoms with van der Waals surface area (Å²) in [7, 11) is 1.62. The minimum atomic E-state index is -0.751. The van der Waals surface area contributed by atoms with Crippen LogP contribution in [0.5, 0.6) is 5.75 Å². The zero-order chi connectivity index (χ0) is 14.9. The van der Waals surface area contributed by atoms with Crippen LogP contribution in [-0.2, 0) is 0 Å². The lowest BCUT2D eigenvalue weighted by molar-refractivity contribution is 0.213. The number of ether oxygens (including phenoxy) is 1. The molecule has 0 heterocycles. The standard InChI is InChI=1S/C16H16BrClO2/c1-9-8-13(17)10(2)14(16(9)20-3)15(19)11-4-6-12(18)7-5-11/h4-8,15,19H,1-3H3. The fraction of sp³-hybridized carbons (Fsp3) is 0.250. The molecule has 0 fully saturated rings. The molecule has 1 unspecified atom stereocenters. The quantitative estimate of drug-likeness (QED) is 0.856. The average molecular weight is 356 g/mol. The van der Waals surface area contributed by atoms with Gasteiger partial charge in [0.1, 0.15) is 11.9 Å². The van der Waals surface area contributed by atoms with E-state index in [0.717, 1.165) is 26.7 Å². The second-order valence-electron chi connectivity index (χ2n) is 4.70. The van der Waals surface area contributed by atoms with Gasteiger partial charge in [0.25, 0.3) is 0 Å². The van der Waals surface area contributed by atoms with E-state index in [1.807, 2.05) is 32.0 Å². The van der Waals surface area contributed by atoms with Crippen molar-refractivity contribution in [3.05, 3.63) is 62.1 Å². The van der Waals surface area contributed by atoms with E-state index in [2.05, 4.69) is 15.9 Å². The van der Waals surface area contributed by atoms with Crippen LogP contribution in [0, 0.1) is 13.8 Å². The van der Waals surface area contributed by atoms with Crippen LogP contribution in [0.2, 0.25) is 5.02 Å². The third-order valence-corrected chi connectivity index (χ3v) is 4.45. The highest BCUT2D eigenvalue weighted by molar-refractivity contribution is 9.10. The molecular formula is C16H16BrClO2. The molecule has 106 valence electrons. The summed E-state index contributed by atoms with van der Waals surface area (Å²) >= 11 is 9.41. The Morgan fingerprint density at radius 3 is 2.35 bits per heavy atom. The smallest absolute Gasteiger partial charge is 0.128 e. The van der Waals surface area contributed by atoms with E-state index in [4.69, 9.17) is 16.3 Å². The molecule has 0 aliphatic rings. The summed E-state index contributed by atoms with van der Waals surface area (Å²) in [5.41, 5.74) is 3.51. The van der Waals surface area contributed by atoms with Crippen molar-refractivity contribution in [2.75, 3.05) is 7.11 Å².